The number of nitrogens with zero attached hydrogens (tertiary/aromatic N) is 5. The van der Waals surface area contributed by atoms with E-state index in [1.54, 1.807) is 18.1 Å². The summed E-state index contributed by atoms with van der Waals surface area (Å²) in [6.45, 7) is 5.74. The fourth-order valence-corrected chi connectivity index (χ4v) is 4.73. The lowest BCUT2D eigenvalue weighted by Gasteiger charge is -2.33. The van der Waals surface area contributed by atoms with E-state index < -0.39 is 0 Å². The molecule has 1 atom stereocenters. The Kier molecular flexibility index (Phi) is 7.14. The number of pyridine rings is 1. The average molecular weight is 499 g/mol. The van der Waals surface area contributed by atoms with Gasteiger partial charge in [-0.05, 0) is 58.3 Å². The Morgan fingerprint density at radius 3 is 2.62 bits per heavy atom. The lowest BCUT2D eigenvalue weighted by Crippen LogP contribution is -2.35. The molecule has 3 heterocycles. The van der Waals surface area contributed by atoms with Gasteiger partial charge in [-0.1, -0.05) is 44.2 Å². The number of hydrogen-bond acceptors (Lipinski definition) is 7. The van der Waals surface area contributed by atoms with Crippen LogP contribution in [0.3, 0.4) is 0 Å². The van der Waals surface area contributed by atoms with Crippen LogP contribution in [0.5, 0.6) is 5.75 Å². The zero-order valence-corrected chi connectivity index (χ0v) is 21.2. The highest BCUT2D eigenvalue weighted by molar-refractivity contribution is 5.80. The van der Waals surface area contributed by atoms with Crippen LogP contribution in [-0.2, 0) is 19.6 Å². The number of H-pyrrole nitrogens is 1. The minimum absolute atomic E-state index is 0.117. The number of ether oxygens (including phenoxy) is 1. The van der Waals surface area contributed by atoms with E-state index in [0.29, 0.717) is 25.2 Å². The molecule has 0 fully saturated rings. The van der Waals surface area contributed by atoms with Gasteiger partial charge in [0.2, 0.25) is 0 Å². The quantitative estimate of drug-likeness (QED) is 0.301. The van der Waals surface area contributed by atoms with Gasteiger partial charge in [0.1, 0.15) is 18.1 Å². The number of aromatic amines is 1. The van der Waals surface area contributed by atoms with Gasteiger partial charge in [-0.15, -0.1) is 5.10 Å². The largest absolute Gasteiger partial charge is 0.497 e. The first-order chi connectivity index (χ1) is 18.0. The molecule has 9 heteroatoms. The molecule has 37 heavy (non-hydrogen) atoms. The Morgan fingerprint density at radius 1 is 1.05 bits per heavy atom. The van der Waals surface area contributed by atoms with E-state index in [1.165, 1.54) is 0 Å². The van der Waals surface area contributed by atoms with Crippen molar-refractivity contribution in [3.05, 3.63) is 106 Å². The fraction of sp³-hybridized carbons (Fsp3) is 0.286. The second kappa shape index (κ2) is 10.8. The Bertz CT molecular complexity index is 1510. The number of nitrogens with one attached hydrogen (secondary N) is 1. The number of fused-ring (bicyclic) bond motifs is 1. The van der Waals surface area contributed by atoms with E-state index in [2.05, 4.69) is 51.4 Å². The second-order valence-corrected chi connectivity index (χ2v) is 9.43. The van der Waals surface area contributed by atoms with Gasteiger partial charge in [-0.25, -0.2) is 4.68 Å². The molecule has 0 spiro atoms. The van der Waals surface area contributed by atoms with Gasteiger partial charge in [0, 0.05) is 29.6 Å². The van der Waals surface area contributed by atoms with Crippen LogP contribution in [0.15, 0.2) is 82.2 Å². The van der Waals surface area contributed by atoms with Gasteiger partial charge < -0.3 is 14.1 Å². The van der Waals surface area contributed by atoms with E-state index in [4.69, 9.17) is 9.15 Å². The Labute approximate surface area is 214 Å². The molecule has 0 saturated carbocycles. The molecule has 0 saturated heterocycles. The predicted octanol–water partition coefficient (Wildman–Crippen LogP) is 4.56. The minimum Gasteiger partial charge on any atom is -0.497 e. The molecule has 5 rings (SSSR count). The highest BCUT2D eigenvalue weighted by Crippen LogP contribution is 2.30. The molecule has 0 amide bonds. The summed E-state index contributed by atoms with van der Waals surface area (Å²) >= 11 is 0. The summed E-state index contributed by atoms with van der Waals surface area (Å²) in [7, 11) is 1.63. The van der Waals surface area contributed by atoms with Crippen molar-refractivity contribution in [2.24, 2.45) is 5.92 Å². The third kappa shape index (κ3) is 5.46. The topological polar surface area (TPSA) is 102 Å². The van der Waals surface area contributed by atoms with Crippen molar-refractivity contribution in [1.29, 1.82) is 0 Å². The molecule has 9 nitrogen and oxygen atoms in total. The van der Waals surface area contributed by atoms with Crippen LogP contribution in [0.25, 0.3) is 10.9 Å². The summed E-state index contributed by atoms with van der Waals surface area (Å²) < 4.78 is 12.7. The zero-order valence-electron chi connectivity index (χ0n) is 21.2. The molecule has 5 aromatic rings. The van der Waals surface area contributed by atoms with Crippen LogP contribution in [0.4, 0.5) is 0 Å². The Morgan fingerprint density at radius 2 is 1.89 bits per heavy atom. The molecule has 0 aliphatic heterocycles. The standard InChI is InChI=1S/C28H30N6O3/c1-19(2)26(27-30-31-32-34(27)18-24-10-7-13-37-24)33(16-20-8-5-4-6-9-20)17-22-14-21-15-23(36-3)11-12-25(21)29-28(22)35/h4-15,19,26H,16-18H2,1-3H3,(H,29,35). The number of benzene rings is 2. The molecule has 2 aromatic carbocycles. The molecule has 0 aliphatic carbocycles. The molecule has 0 radical (unpaired) electrons. The maximum atomic E-state index is 13.2. The monoisotopic (exact) mass is 498 g/mol. The maximum Gasteiger partial charge on any atom is 0.252 e. The summed E-state index contributed by atoms with van der Waals surface area (Å²) in [5.41, 5.74) is 2.45. The van der Waals surface area contributed by atoms with Crippen LogP contribution in [-0.4, -0.2) is 37.2 Å². The third-order valence-electron chi connectivity index (χ3n) is 6.46. The van der Waals surface area contributed by atoms with Crippen LogP contribution < -0.4 is 10.3 Å². The minimum atomic E-state index is -0.162. The molecule has 190 valence electrons. The number of tetrazole rings is 1. The van der Waals surface area contributed by atoms with Gasteiger partial charge in [0.05, 0.1) is 19.4 Å². The lowest BCUT2D eigenvalue weighted by atomic mass is 9.99. The molecular formula is C28H30N6O3. The predicted molar refractivity (Wildman–Crippen MR) is 140 cm³/mol. The number of methoxy groups -OCH3 is 1. The van der Waals surface area contributed by atoms with Crippen molar-refractivity contribution in [2.75, 3.05) is 7.11 Å². The fourth-order valence-electron chi connectivity index (χ4n) is 4.73. The number of aromatic nitrogens is 5. The summed E-state index contributed by atoms with van der Waals surface area (Å²) in [6, 6.07) is 21.4. The van der Waals surface area contributed by atoms with Crippen molar-refractivity contribution in [2.45, 2.75) is 39.5 Å². The molecule has 3 aromatic heterocycles. The van der Waals surface area contributed by atoms with E-state index in [-0.39, 0.29) is 17.5 Å². The van der Waals surface area contributed by atoms with Gasteiger partial charge in [-0.3, -0.25) is 9.69 Å². The van der Waals surface area contributed by atoms with E-state index in [9.17, 15) is 4.79 Å². The number of furan rings is 1. The summed E-state index contributed by atoms with van der Waals surface area (Å²) in [5, 5.41) is 13.6. The van der Waals surface area contributed by atoms with Crippen LogP contribution >= 0.6 is 0 Å². The lowest BCUT2D eigenvalue weighted by molar-refractivity contribution is 0.125. The van der Waals surface area contributed by atoms with Gasteiger partial charge >= 0.3 is 0 Å². The van der Waals surface area contributed by atoms with E-state index in [1.807, 2.05) is 54.6 Å². The molecule has 1 N–H and O–H groups in total. The zero-order chi connectivity index (χ0) is 25.8. The number of hydrogen-bond donors (Lipinski definition) is 1. The van der Waals surface area contributed by atoms with Crippen LogP contribution in [0, 0.1) is 5.92 Å². The van der Waals surface area contributed by atoms with Crippen LogP contribution in [0.1, 0.15) is 42.6 Å². The average Bonchev–Trinajstić information content (AvgIpc) is 3.57. The van der Waals surface area contributed by atoms with Crippen molar-refractivity contribution in [1.82, 2.24) is 30.1 Å². The summed E-state index contributed by atoms with van der Waals surface area (Å²) in [5.74, 6) is 2.39. The summed E-state index contributed by atoms with van der Waals surface area (Å²) in [4.78, 5) is 18.5. The highest BCUT2D eigenvalue weighted by atomic mass is 16.5. The van der Waals surface area contributed by atoms with Gasteiger partial charge in [-0.2, -0.15) is 0 Å². The third-order valence-corrected chi connectivity index (χ3v) is 6.46. The molecule has 1 unspecified atom stereocenters. The Hall–Kier alpha value is -4.24. The van der Waals surface area contributed by atoms with Crippen molar-refractivity contribution < 1.29 is 9.15 Å². The van der Waals surface area contributed by atoms with E-state index >= 15 is 0 Å². The van der Waals surface area contributed by atoms with Gasteiger partial charge in [0.25, 0.3) is 5.56 Å². The Balaban J connectivity index is 1.55. The van der Waals surface area contributed by atoms with Crippen LogP contribution in [0.2, 0.25) is 0 Å². The van der Waals surface area contributed by atoms with Crippen molar-refractivity contribution in [3.63, 3.8) is 0 Å². The van der Waals surface area contributed by atoms with Gasteiger partial charge in [0.15, 0.2) is 5.82 Å². The first-order valence-electron chi connectivity index (χ1n) is 12.3. The van der Waals surface area contributed by atoms with Crippen molar-refractivity contribution in [3.8, 4) is 5.75 Å². The van der Waals surface area contributed by atoms with E-state index in [0.717, 1.165) is 33.8 Å². The maximum absolute atomic E-state index is 13.2. The second-order valence-electron chi connectivity index (χ2n) is 9.43. The number of rotatable bonds is 10. The van der Waals surface area contributed by atoms with Crippen molar-refractivity contribution >= 4 is 10.9 Å². The summed E-state index contributed by atoms with van der Waals surface area (Å²) in [6.07, 6.45) is 1.64. The normalized spacial score (nSPS) is 12.5. The first kappa shape index (κ1) is 24.5. The molecular weight excluding hydrogens is 468 g/mol. The molecule has 0 aliphatic rings. The first-order valence-corrected chi connectivity index (χ1v) is 12.3. The molecule has 0 bridgehead atoms. The SMILES string of the molecule is COc1ccc2[nH]c(=O)c(CN(Cc3ccccc3)C(c3nnnn3Cc3ccco3)C(C)C)cc2c1. The smallest absolute Gasteiger partial charge is 0.252 e. The highest BCUT2D eigenvalue weighted by Gasteiger charge is 2.30.